The minimum absolute atomic E-state index is 0.364. The highest BCUT2D eigenvalue weighted by Gasteiger charge is 2.28. The third-order valence-electron chi connectivity index (χ3n) is 4.11. The van der Waals surface area contributed by atoms with Gasteiger partial charge < -0.3 is 10.2 Å². The van der Waals surface area contributed by atoms with E-state index in [9.17, 15) is 13.2 Å². The van der Waals surface area contributed by atoms with Crippen molar-refractivity contribution in [3.63, 3.8) is 0 Å². The van der Waals surface area contributed by atoms with Gasteiger partial charge in [0.15, 0.2) is 0 Å². The number of benzene rings is 2. The van der Waals surface area contributed by atoms with E-state index in [0.29, 0.717) is 23.8 Å². The molecule has 0 aliphatic carbocycles. The van der Waals surface area contributed by atoms with Crippen LogP contribution in [0.25, 0.3) is 0 Å². The van der Waals surface area contributed by atoms with Gasteiger partial charge in [-0.3, -0.25) is 9.10 Å². The van der Waals surface area contributed by atoms with Crippen LogP contribution in [0.15, 0.2) is 54.6 Å². The Labute approximate surface area is 165 Å². The number of halogens is 1. The number of likely N-dealkylation sites (N-methyl/N-ethyl adjacent to an activating group) is 1. The van der Waals surface area contributed by atoms with Gasteiger partial charge in [-0.25, -0.2) is 8.42 Å². The Bertz CT molecular complexity index is 858. The van der Waals surface area contributed by atoms with Crippen LogP contribution in [0, 0.1) is 0 Å². The first-order valence-corrected chi connectivity index (χ1v) is 10.7. The molecule has 0 spiro atoms. The Hall–Kier alpha value is -2.25. The molecule has 6 nitrogen and oxygen atoms in total. The molecule has 1 N–H and O–H groups in total. The highest BCUT2D eigenvalue weighted by molar-refractivity contribution is 7.92. The fourth-order valence-corrected chi connectivity index (χ4v) is 4.00. The molecule has 0 saturated heterocycles. The summed E-state index contributed by atoms with van der Waals surface area (Å²) in [4.78, 5) is 14.5. The second-order valence-corrected chi connectivity index (χ2v) is 8.56. The smallest absolute Gasteiger partial charge is 0.243 e. The fourth-order valence-electron chi connectivity index (χ4n) is 2.70. The van der Waals surface area contributed by atoms with Crippen LogP contribution in [0.1, 0.15) is 6.92 Å². The lowest BCUT2D eigenvalue weighted by Crippen LogP contribution is -2.49. The number of sulfonamides is 1. The second-order valence-electron chi connectivity index (χ2n) is 6.26. The number of nitrogens with zero attached hydrogens (tertiary/aromatic N) is 2. The standard InChI is InChI=1S/C19H24ClN3O3S/c1-15(23(27(3,25)26)18-11-9-16(20)10-12-18)19(24)21-13-14-22(2)17-7-5-4-6-8-17/h4-12,15H,13-14H2,1-3H3,(H,21,24)/t15-/m0/s1. The highest BCUT2D eigenvalue weighted by Crippen LogP contribution is 2.23. The molecule has 146 valence electrons. The molecule has 0 aliphatic rings. The lowest BCUT2D eigenvalue weighted by molar-refractivity contribution is -0.121. The Kier molecular flexibility index (Phi) is 7.10. The predicted octanol–water partition coefficient (Wildman–Crippen LogP) is 2.75. The van der Waals surface area contributed by atoms with E-state index in [4.69, 9.17) is 11.6 Å². The average Bonchev–Trinajstić information content (AvgIpc) is 2.63. The van der Waals surface area contributed by atoms with Crippen LogP contribution in [0.4, 0.5) is 11.4 Å². The number of hydrogen-bond donors (Lipinski definition) is 1. The van der Waals surface area contributed by atoms with Crippen molar-refractivity contribution in [1.82, 2.24) is 5.32 Å². The molecule has 2 aromatic carbocycles. The Balaban J connectivity index is 2.01. The van der Waals surface area contributed by atoms with Gasteiger partial charge in [-0.1, -0.05) is 29.8 Å². The zero-order chi connectivity index (χ0) is 20.0. The lowest BCUT2D eigenvalue weighted by atomic mass is 10.2. The minimum atomic E-state index is -3.64. The molecule has 0 saturated carbocycles. The van der Waals surface area contributed by atoms with Crippen molar-refractivity contribution in [1.29, 1.82) is 0 Å². The van der Waals surface area contributed by atoms with Crippen molar-refractivity contribution in [3.05, 3.63) is 59.6 Å². The Morgan fingerprint density at radius 2 is 1.67 bits per heavy atom. The summed E-state index contributed by atoms with van der Waals surface area (Å²) in [6.45, 7) is 2.56. The van der Waals surface area contributed by atoms with E-state index in [0.717, 1.165) is 16.2 Å². The summed E-state index contributed by atoms with van der Waals surface area (Å²) in [5.41, 5.74) is 1.43. The third-order valence-corrected chi connectivity index (χ3v) is 5.61. The molecule has 1 amide bonds. The van der Waals surface area contributed by atoms with E-state index < -0.39 is 16.1 Å². The third kappa shape index (κ3) is 5.87. The van der Waals surface area contributed by atoms with Gasteiger partial charge in [-0.2, -0.15) is 0 Å². The first-order chi connectivity index (χ1) is 12.7. The number of hydrogen-bond acceptors (Lipinski definition) is 4. The van der Waals surface area contributed by atoms with Gasteiger partial charge in [-0.15, -0.1) is 0 Å². The summed E-state index contributed by atoms with van der Waals surface area (Å²) in [7, 11) is -1.71. The predicted molar refractivity (Wildman–Crippen MR) is 111 cm³/mol. The topological polar surface area (TPSA) is 69.7 Å². The van der Waals surface area contributed by atoms with E-state index >= 15 is 0 Å². The molecule has 0 bridgehead atoms. The molecule has 0 aromatic heterocycles. The van der Waals surface area contributed by atoms with Crippen LogP contribution in [-0.4, -0.2) is 46.8 Å². The number of carbonyl (C=O) groups excluding carboxylic acids is 1. The van der Waals surface area contributed by atoms with Crippen LogP contribution in [0.5, 0.6) is 0 Å². The normalized spacial score (nSPS) is 12.3. The van der Waals surface area contributed by atoms with E-state index in [1.807, 2.05) is 42.3 Å². The zero-order valence-electron chi connectivity index (χ0n) is 15.6. The molecule has 8 heteroatoms. The van der Waals surface area contributed by atoms with E-state index in [2.05, 4.69) is 5.32 Å². The quantitative estimate of drug-likeness (QED) is 0.727. The summed E-state index contributed by atoms with van der Waals surface area (Å²) in [6, 6.07) is 15.3. The molecule has 0 aliphatic heterocycles. The van der Waals surface area contributed by atoms with Gasteiger partial charge in [0.25, 0.3) is 0 Å². The zero-order valence-corrected chi connectivity index (χ0v) is 17.2. The molecule has 0 fully saturated rings. The fraction of sp³-hybridized carbons (Fsp3) is 0.316. The Morgan fingerprint density at radius 1 is 1.07 bits per heavy atom. The maximum Gasteiger partial charge on any atom is 0.243 e. The van der Waals surface area contributed by atoms with E-state index in [1.54, 1.807) is 31.2 Å². The van der Waals surface area contributed by atoms with Crippen molar-refractivity contribution in [3.8, 4) is 0 Å². The maximum absolute atomic E-state index is 12.5. The highest BCUT2D eigenvalue weighted by atomic mass is 35.5. The maximum atomic E-state index is 12.5. The molecule has 27 heavy (non-hydrogen) atoms. The number of rotatable bonds is 8. The summed E-state index contributed by atoms with van der Waals surface area (Å²) in [6.07, 6.45) is 1.08. The first kappa shape index (κ1) is 21.1. The number of anilines is 2. The van der Waals surface area contributed by atoms with Gasteiger partial charge in [-0.05, 0) is 43.3 Å². The summed E-state index contributed by atoms with van der Waals surface area (Å²) in [5.74, 6) is -0.364. The molecule has 2 rings (SSSR count). The number of carbonyl (C=O) groups is 1. The van der Waals surface area contributed by atoms with Crippen molar-refractivity contribution in [2.75, 3.05) is 35.6 Å². The second kappa shape index (κ2) is 9.10. The SMILES string of the molecule is C[C@@H](C(=O)NCCN(C)c1ccccc1)N(c1ccc(Cl)cc1)S(C)(=O)=O. The number of nitrogens with one attached hydrogen (secondary N) is 1. The van der Waals surface area contributed by atoms with Gasteiger partial charge in [0.1, 0.15) is 6.04 Å². The van der Waals surface area contributed by atoms with Gasteiger partial charge in [0.05, 0.1) is 11.9 Å². The number of para-hydroxylation sites is 1. The molecule has 1 atom stereocenters. The van der Waals surface area contributed by atoms with Crippen LogP contribution in [0.2, 0.25) is 5.02 Å². The first-order valence-electron chi connectivity index (χ1n) is 8.49. The monoisotopic (exact) mass is 409 g/mol. The van der Waals surface area contributed by atoms with Crippen molar-refractivity contribution in [2.24, 2.45) is 0 Å². The molecular formula is C19H24ClN3O3S. The van der Waals surface area contributed by atoms with Crippen molar-refractivity contribution < 1.29 is 13.2 Å². The summed E-state index contributed by atoms with van der Waals surface area (Å²) >= 11 is 5.87. The number of amides is 1. The van der Waals surface area contributed by atoms with Gasteiger partial charge in [0.2, 0.25) is 15.9 Å². The van der Waals surface area contributed by atoms with Crippen molar-refractivity contribution in [2.45, 2.75) is 13.0 Å². The van der Waals surface area contributed by atoms with Gasteiger partial charge in [0, 0.05) is 30.8 Å². The summed E-state index contributed by atoms with van der Waals surface area (Å²) in [5, 5.41) is 3.30. The largest absolute Gasteiger partial charge is 0.373 e. The van der Waals surface area contributed by atoms with Crippen LogP contribution < -0.4 is 14.5 Å². The lowest BCUT2D eigenvalue weighted by Gasteiger charge is -2.28. The molecule has 0 unspecified atom stereocenters. The Morgan fingerprint density at radius 3 is 2.22 bits per heavy atom. The minimum Gasteiger partial charge on any atom is -0.373 e. The van der Waals surface area contributed by atoms with Gasteiger partial charge >= 0.3 is 0 Å². The summed E-state index contributed by atoms with van der Waals surface area (Å²) < 4.78 is 25.6. The van der Waals surface area contributed by atoms with Crippen LogP contribution >= 0.6 is 11.6 Å². The van der Waals surface area contributed by atoms with Crippen LogP contribution in [0.3, 0.4) is 0 Å². The van der Waals surface area contributed by atoms with E-state index in [1.165, 1.54) is 0 Å². The molecule has 0 heterocycles. The van der Waals surface area contributed by atoms with Crippen LogP contribution in [-0.2, 0) is 14.8 Å². The molecule has 0 radical (unpaired) electrons. The van der Waals surface area contributed by atoms with E-state index in [-0.39, 0.29) is 5.91 Å². The van der Waals surface area contributed by atoms with Crippen molar-refractivity contribution >= 4 is 38.9 Å². The molecular weight excluding hydrogens is 386 g/mol. The average molecular weight is 410 g/mol. The molecule has 2 aromatic rings.